The number of hydrogen-bond donors (Lipinski definition) is 0. The van der Waals surface area contributed by atoms with E-state index in [2.05, 4.69) is 19.9 Å². The summed E-state index contributed by atoms with van der Waals surface area (Å²) in [6, 6.07) is 0.103. The maximum absolute atomic E-state index is 12.7. The Morgan fingerprint density at radius 1 is 1.27 bits per heavy atom. The normalized spacial score (nSPS) is 23.4. The standard InChI is InChI=1S/C17H22ClN5O2S/c1-17(2,3)25-16(24)23-7-10-4-5-11(23)8-22(6-10)13-12-14(26-9-19-12)21-15(18)20-13/h9-11H,4-8H2,1-3H3. The van der Waals surface area contributed by atoms with Crippen LogP contribution < -0.4 is 4.90 Å². The molecular weight excluding hydrogens is 374 g/mol. The molecule has 9 heteroatoms. The van der Waals surface area contributed by atoms with Gasteiger partial charge in [0.25, 0.3) is 0 Å². The van der Waals surface area contributed by atoms with Crippen LogP contribution in [0.1, 0.15) is 33.6 Å². The molecular formula is C17H22ClN5O2S. The molecule has 7 nitrogen and oxygen atoms in total. The van der Waals surface area contributed by atoms with E-state index in [9.17, 15) is 4.79 Å². The average Bonchev–Trinajstić information content (AvgIpc) is 2.82. The van der Waals surface area contributed by atoms with Gasteiger partial charge in [0.15, 0.2) is 10.6 Å². The topological polar surface area (TPSA) is 71.5 Å². The van der Waals surface area contributed by atoms with Gasteiger partial charge in [0.1, 0.15) is 11.1 Å². The number of nitrogens with zero attached hydrogens (tertiary/aromatic N) is 5. The lowest BCUT2D eigenvalue weighted by atomic mass is 9.95. The lowest BCUT2D eigenvalue weighted by Gasteiger charge is -2.36. The molecule has 0 radical (unpaired) electrons. The molecule has 3 saturated heterocycles. The molecule has 140 valence electrons. The van der Waals surface area contributed by atoms with Crippen molar-refractivity contribution < 1.29 is 9.53 Å². The first-order chi connectivity index (χ1) is 12.3. The van der Waals surface area contributed by atoms with Gasteiger partial charge in [-0.05, 0) is 51.1 Å². The third-order valence-corrected chi connectivity index (χ3v) is 5.68. The van der Waals surface area contributed by atoms with Crippen molar-refractivity contribution in [2.24, 2.45) is 5.92 Å². The number of carbonyl (C=O) groups excluding carboxylic acids is 1. The lowest BCUT2D eigenvalue weighted by molar-refractivity contribution is 0.00810. The van der Waals surface area contributed by atoms with E-state index in [-0.39, 0.29) is 17.4 Å². The Bertz CT molecular complexity index is 836. The summed E-state index contributed by atoms with van der Waals surface area (Å²) < 4.78 is 5.61. The number of hydrogen-bond acceptors (Lipinski definition) is 7. The first-order valence-electron chi connectivity index (χ1n) is 8.81. The van der Waals surface area contributed by atoms with Crippen LogP contribution in [0.25, 0.3) is 10.3 Å². The number of carbonyl (C=O) groups is 1. The fraction of sp³-hybridized carbons (Fsp3) is 0.647. The van der Waals surface area contributed by atoms with E-state index in [1.165, 1.54) is 11.3 Å². The molecule has 0 saturated carbocycles. The van der Waals surface area contributed by atoms with Crippen LogP contribution in [0.3, 0.4) is 0 Å². The van der Waals surface area contributed by atoms with E-state index in [4.69, 9.17) is 16.3 Å². The van der Waals surface area contributed by atoms with Gasteiger partial charge in [-0.25, -0.2) is 14.8 Å². The second kappa shape index (κ2) is 6.49. The molecule has 2 unspecified atom stereocenters. The number of piperidine rings is 1. The van der Waals surface area contributed by atoms with E-state index in [0.29, 0.717) is 12.5 Å². The highest BCUT2D eigenvalue weighted by atomic mass is 35.5. The average molecular weight is 396 g/mol. The van der Waals surface area contributed by atoms with Crippen molar-refractivity contribution in [3.05, 3.63) is 10.8 Å². The van der Waals surface area contributed by atoms with Crippen LogP contribution in [0.5, 0.6) is 0 Å². The summed E-state index contributed by atoms with van der Waals surface area (Å²) in [7, 11) is 0. The van der Waals surface area contributed by atoms with E-state index in [1.54, 1.807) is 5.51 Å². The highest BCUT2D eigenvalue weighted by Gasteiger charge is 2.39. The van der Waals surface area contributed by atoms with Crippen molar-refractivity contribution in [2.45, 2.75) is 45.3 Å². The maximum Gasteiger partial charge on any atom is 0.410 e. The van der Waals surface area contributed by atoms with Gasteiger partial charge in [-0.15, -0.1) is 11.3 Å². The summed E-state index contributed by atoms with van der Waals surface area (Å²) >= 11 is 7.58. The van der Waals surface area contributed by atoms with Gasteiger partial charge in [0.2, 0.25) is 5.28 Å². The Hall–Kier alpha value is -1.67. The summed E-state index contributed by atoms with van der Waals surface area (Å²) in [5.41, 5.74) is 2.05. The summed E-state index contributed by atoms with van der Waals surface area (Å²) in [6.07, 6.45) is 1.84. The zero-order valence-corrected chi connectivity index (χ0v) is 16.7. The van der Waals surface area contributed by atoms with E-state index >= 15 is 0 Å². The minimum Gasteiger partial charge on any atom is -0.444 e. The second-order valence-electron chi connectivity index (χ2n) is 7.96. The molecule has 2 atom stereocenters. The number of thiazole rings is 1. The SMILES string of the molecule is CC(C)(C)OC(=O)N1CC2CCC1CN(c1nc(Cl)nc3scnc13)C2. The summed E-state index contributed by atoms with van der Waals surface area (Å²) in [5.74, 6) is 1.15. The number of halogens is 1. The van der Waals surface area contributed by atoms with E-state index < -0.39 is 5.60 Å². The van der Waals surface area contributed by atoms with Gasteiger partial charge < -0.3 is 14.5 Å². The monoisotopic (exact) mass is 395 g/mol. The minimum atomic E-state index is -0.491. The van der Waals surface area contributed by atoms with E-state index in [1.807, 2.05) is 25.7 Å². The number of amides is 1. The third-order valence-electron chi connectivity index (χ3n) is 4.79. The van der Waals surface area contributed by atoms with Crippen molar-refractivity contribution in [1.82, 2.24) is 19.9 Å². The smallest absolute Gasteiger partial charge is 0.410 e. The molecule has 5 rings (SSSR count). The van der Waals surface area contributed by atoms with Gasteiger partial charge in [0, 0.05) is 19.6 Å². The number of ether oxygens (including phenoxy) is 1. The molecule has 1 amide bonds. The van der Waals surface area contributed by atoms with Crippen LogP contribution in [0.2, 0.25) is 5.28 Å². The second-order valence-corrected chi connectivity index (χ2v) is 9.13. The van der Waals surface area contributed by atoms with Gasteiger partial charge in [-0.1, -0.05) is 0 Å². The molecule has 3 aliphatic heterocycles. The van der Waals surface area contributed by atoms with Gasteiger partial charge in [-0.3, -0.25) is 0 Å². The first-order valence-corrected chi connectivity index (χ1v) is 10.1. The maximum atomic E-state index is 12.7. The molecule has 3 fully saturated rings. The lowest BCUT2D eigenvalue weighted by Crippen LogP contribution is -2.49. The zero-order valence-electron chi connectivity index (χ0n) is 15.1. The molecule has 2 aromatic heterocycles. The predicted molar refractivity (Wildman–Crippen MR) is 102 cm³/mol. The Balaban J connectivity index is 1.62. The fourth-order valence-electron chi connectivity index (χ4n) is 3.74. The van der Waals surface area contributed by atoms with Crippen LogP contribution in [-0.2, 0) is 4.74 Å². The van der Waals surface area contributed by atoms with Crippen LogP contribution >= 0.6 is 22.9 Å². The molecule has 0 aliphatic carbocycles. The van der Waals surface area contributed by atoms with Gasteiger partial charge >= 0.3 is 6.09 Å². The quantitative estimate of drug-likeness (QED) is 0.687. The minimum absolute atomic E-state index is 0.103. The highest BCUT2D eigenvalue weighted by Crippen LogP contribution is 2.34. The third kappa shape index (κ3) is 3.44. The number of rotatable bonds is 1. The van der Waals surface area contributed by atoms with Crippen LogP contribution in [0.15, 0.2) is 5.51 Å². The first kappa shape index (κ1) is 17.7. The number of aromatic nitrogens is 3. The van der Waals surface area contributed by atoms with Crippen LogP contribution in [0.4, 0.5) is 10.6 Å². The summed E-state index contributed by atoms with van der Waals surface area (Å²) in [6.45, 7) is 7.94. The Morgan fingerprint density at radius 3 is 2.85 bits per heavy atom. The molecule has 3 aliphatic rings. The summed E-state index contributed by atoms with van der Waals surface area (Å²) in [4.78, 5) is 30.7. The number of fused-ring (bicyclic) bond motifs is 5. The number of anilines is 1. The Kier molecular flexibility index (Phi) is 4.43. The van der Waals surface area contributed by atoms with Crippen molar-refractivity contribution in [2.75, 3.05) is 24.5 Å². The molecule has 2 bridgehead atoms. The molecule has 0 aromatic carbocycles. The highest BCUT2D eigenvalue weighted by molar-refractivity contribution is 7.16. The fourth-order valence-corrected chi connectivity index (χ4v) is 4.61. The van der Waals surface area contributed by atoms with Gasteiger partial charge in [0.05, 0.1) is 11.6 Å². The Morgan fingerprint density at radius 2 is 2.08 bits per heavy atom. The molecule has 0 N–H and O–H groups in total. The molecule has 26 heavy (non-hydrogen) atoms. The van der Waals surface area contributed by atoms with Crippen molar-refractivity contribution in [3.8, 4) is 0 Å². The summed E-state index contributed by atoms with van der Waals surface area (Å²) in [5, 5.41) is 0.234. The predicted octanol–water partition coefficient (Wildman–Crippen LogP) is 3.58. The molecule has 0 spiro atoms. The van der Waals surface area contributed by atoms with Crippen LogP contribution in [-0.4, -0.2) is 57.2 Å². The van der Waals surface area contributed by atoms with E-state index in [0.717, 1.165) is 42.1 Å². The van der Waals surface area contributed by atoms with Crippen molar-refractivity contribution in [1.29, 1.82) is 0 Å². The largest absolute Gasteiger partial charge is 0.444 e. The molecule has 5 heterocycles. The van der Waals surface area contributed by atoms with Crippen molar-refractivity contribution >= 4 is 45.2 Å². The van der Waals surface area contributed by atoms with Gasteiger partial charge in [-0.2, -0.15) is 4.98 Å². The van der Waals surface area contributed by atoms with Crippen molar-refractivity contribution in [3.63, 3.8) is 0 Å². The Labute approximate surface area is 161 Å². The zero-order chi connectivity index (χ0) is 18.5. The molecule has 2 aromatic rings. The van der Waals surface area contributed by atoms with Crippen LogP contribution in [0, 0.1) is 5.92 Å².